The second-order valence-corrected chi connectivity index (χ2v) is 5.40. The van der Waals surface area contributed by atoms with Crippen LogP contribution in [0.15, 0.2) is 17.0 Å². The Morgan fingerprint density at radius 2 is 1.94 bits per heavy atom. The topological polar surface area (TPSA) is 41.9 Å². The van der Waals surface area contributed by atoms with Gasteiger partial charge < -0.3 is 14.7 Å². The Balaban J connectivity index is 2.58. The largest absolute Gasteiger partial charge is 0.496 e. The smallest absolute Gasteiger partial charge is 0.133 e. The molecule has 2 rings (SSSR count). The maximum Gasteiger partial charge on any atom is 0.133 e. The third-order valence-electron chi connectivity index (χ3n) is 3.21. The lowest BCUT2D eigenvalue weighted by atomic mass is 10.0. The van der Waals surface area contributed by atoms with Gasteiger partial charge in [0.1, 0.15) is 11.5 Å². The van der Waals surface area contributed by atoms with Crippen LogP contribution in [0, 0.1) is 0 Å². The molecule has 0 fully saturated rings. The molecule has 1 unspecified atom stereocenters. The minimum Gasteiger partial charge on any atom is -0.496 e. The zero-order valence-corrected chi connectivity index (χ0v) is 11.8. The van der Waals surface area contributed by atoms with Crippen molar-refractivity contribution in [2.24, 2.45) is 0 Å². The molecule has 0 saturated carbocycles. The molecule has 18 heavy (non-hydrogen) atoms. The standard InChI is InChI=1S/C13H19NO3S/c1-14(15)9-5-4-8-18-13-11(17-3)7-6-10(16-2)12(9)13/h6-7,9,15H,4-5,8H2,1-3H3. The lowest BCUT2D eigenvalue weighted by molar-refractivity contribution is -0.107. The number of thioether (sulfide) groups is 1. The van der Waals surface area contributed by atoms with Gasteiger partial charge in [0.25, 0.3) is 0 Å². The van der Waals surface area contributed by atoms with Crippen LogP contribution in [0.3, 0.4) is 0 Å². The van der Waals surface area contributed by atoms with Crippen molar-refractivity contribution in [3.63, 3.8) is 0 Å². The van der Waals surface area contributed by atoms with E-state index in [1.54, 1.807) is 33.0 Å². The van der Waals surface area contributed by atoms with Crippen LogP contribution < -0.4 is 9.47 Å². The van der Waals surface area contributed by atoms with Crippen molar-refractivity contribution < 1.29 is 14.7 Å². The summed E-state index contributed by atoms with van der Waals surface area (Å²) in [4.78, 5) is 1.08. The molecule has 0 aliphatic carbocycles. The molecule has 100 valence electrons. The Bertz CT molecular complexity index is 423. The van der Waals surface area contributed by atoms with E-state index >= 15 is 0 Å². The second kappa shape index (κ2) is 5.82. The molecule has 1 aliphatic rings. The van der Waals surface area contributed by atoms with Crippen LogP contribution in [-0.4, -0.2) is 37.3 Å². The Labute approximate surface area is 112 Å². The summed E-state index contributed by atoms with van der Waals surface area (Å²) >= 11 is 1.77. The summed E-state index contributed by atoms with van der Waals surface area (Å²) < 4.78 is 10.9. The summed E-state index contributed by atoms with van der Waals surface area (Å²) in [6.07, 6.45) is 1.97. The molecule has 0 amide bonds. The lowest BCUT2D eigenvalue weighted by Gasteiger charge is -2.25. The highest BCUT2D eigenvalue weighted by atomic mass is 32.2. The zero-order valence-electron chi connectivity index (χ0n) is 11.0. The van der Waals surface area contributed by atoms with E-state index in [-0.39, 0.29) is 6.04 Å². The van der Waals surface area contributed by atoms with Crippen LogP contribution in [0.5, 0.6) is 11.5 Å². The van der Waals surface area contributed by atoms with Gasteiger partial charge in [-0.3, -0.25) is 0 Å². The molecule has 0 radical (unpaired) electrons. The van der Waals surface area contributed by atoms with Crippen molar-refractivity contribution in [3.8, 4) is 11.5 Å². The van der Waals surface area contributed by atoms with Gasteiger partial charge in [-0.1, -0.05) is 0 Å². The Morgan fingerprint density at radius 3 is 2.56 bits per heavy atom. The quantitative estimate of drug-likeness (QED) is 0.854. The van der Waals surface area contributed by atoms with Crippen LogP contribution in [0.4, 0.5) is 0 Å². The number of benzene rings is 1. The van der Waals surface area contributed by atoms with Gasteiger partial charge in [-0.05, 0) is 30.7 Å². The van der Waals surface area contributed by atoms with Gasteiger partial charge in [-0.2, -0.15) is 5.06 Å². The molecule has 0 saturated heterocycles. The molecule has 1 aromatic carbocycles. The van der Waals surface area contributed by atoms with E-state index in [0.717, 1.165) is 40.6 Å². The highest BCUT2D eigenvalue weighted by molar-refractivity contribution is 7.99. The summed E-state index contributed by atoms with van der Waals surface area (Å²) in [6.45, 7) is 0. The number of hydrogen-bond acceptors (Lipinski definition) is 5. The minimum atomic E-state index is -0.0416. The fourth-order valence-electron chi connectivity index (χ4n) is 2.33. The van der Waals surface area contributed by atoms with Crippen molar-refractivity contribution in [1.82, 2.24) is 5.06 Å². The van der Waals surface area contributed by atoms with Gasteiger partial charge in [0.15, 0.2) is 0 Å². The highest BCUT2D eigenvalue weighted by Crippen LogP contribution is 2.46. The Kier molecular flexibility index (Phi) is 4.37. The first-order valence-corrected chi connectivity index (χ1v) is 6.97. The summed E-state index contributed by atoms with van der Waals surface area (Å²) in [5.41, 5.74) is 1.03. The van der Waals surface area contributed by atoms with E-state index < -0.39 is 0 Å². The molecule has 1 aromatic rings. The average molecular weight is 269 g/mol. The molecular weight excluding hydrogens is 250 g/mol. The lowest BCUT2D eigenvalue weighted by Crippen LogP contribution is -2.21. The second-order valence-electron chi connectivity index (χ2n) is 4.29. The molecule has 1 atom stereocenters. The molecule has 1 heterocycles. The van der Waals surface area contributed by atoms with Crippen molar-refractivity contribution in [1.29, 1.82) is 0 Å². The molecule has 1 aliphatic heterocycles. The van der Waals surface area contributed by atoms with E-state index in [0.29, 0.717) is 0 Å². The molecular formula is C13H19NO3S. The van der Waals surface area contributed by atoms with E-state index in [1.807, 2.05) is 12.1 Å². The van der Waals surface area contributed by atoms with Gasteiger partial charge in [-0.25, -0.2) is 0 Å². The maximum absolute atomic E-state index is 9.86. The SMILES string of the molecule is COc1ccc(OC)c2c1SCCCC2N(C)O. The van der Waals surface area contributed by atoms with Crippen molar-refractivity contribution in [2.75, 3.05) is 27.0 Å². The summed E-state index contributed by atoms with van der Waals surface area (Å²) in [6, 6.07) is 3.78. The normalized spacial score (nSPS) is 19.3. The number of nitrogens with zero attached hydrogens (tertiary/aromatic N) is 1. The fourth-order valence-corrected chi connectivity index (χ4v) is 3.53. The predicted octanol–water partition coefficient (Wildman–Crippen LogP) is 2.95. The van der Waals surface area contributed by atoms with Crippen molar-refractivity contribution in [3.05, 3.63) is 17.7 Å². The molecule has 0 spiro atoms. The van der Waals surface area contributed by atoms with Gasteiger partial charge in [0, 0.05) is 12.6 Å². The highest BCUT2D eigenvalue weighted by Gasteiger charge is 2.28. The molecule has 4 nitrogen and oxygen atoms in total. The van der Waals surface area contributed by atoms with Gasteiger partial charge in [0.2, 0.25) is 0 Å². The zero-order chi connectivity index (χ0) is 13.1. The first kappa shape index (κ1) is 13.5. The third-order valence-corrected chi connectivity index (χ3v) is 4.41. The van der Waals surface area contributed by atoms with Crippen LogP contribution in [0.1, 0.15) is 24.4 Å². The molecule has 1 N–H and O–H groups in total. The van der Waals surface area contributed by atoms with E-state index in [9.17, 15) is 5.21 Å². The number of fused-ring (bicyclic) bond motifs is 1. The Hall–Kier alpha value is -0.910. The summed E-state index contributed by atoms with van der Waals surface area (Å²) in [5, 5.41) is 11.1. The first-order valence-electron chi connectivity index (χ1n) is 5.98. The van der Waals surface area contributed by atoms with Gasteiger partial charge >= 0.3 is 0 Å². The number of methoxy groups -OCH3 is 2. The monoisotopic (exact) mass is 269 g/mol. The molecule has 5 heteroatoms. The van der Waals surface area contributed by atoms with Gasteiger partial charge in [-0.15, -0.1) is 11.8 Å². The van der Waals surface area contributed by atoms with E-state index in [1.165, 1.54) is 5.06 Å². The predicted molar refractivity (Wildman–Crippen MR) is 71.8 cm³/mol. The maximum atomic E-state index is 9.86. The number of hydroxylamine groups is 2. The Morgan fingerprint density at radius 1 is 1.28 bits per heavy atom. The average Bonchev–Trinajstić information content (AvgIpc) is 2.60. The van der Waals surface area contributed by atoms with Gasteiger partial charge in [0.05, 0.1) is 25.2 Å². The summed E-state index contributed by atoms with van der Waals surface area (Å²) in [7, 11) is 5.01. The molecule has 0 aromatic heterocycles. The van der Waals surface area contributed by atoms with E-state index in [4.69, 9.17) is 9.47 Å². The van der Waals surface area contributed by atoms with Crippen LogP contribution in [0.25, 0.3) is 0 Å². The number of ether oxygens (including phenoxy) is 2. The van der Waals surface area contributed by atoms with Crippen LogP contribution >= 0.6 is 11.8 Å². The van der Waals surface area contributed by atoms with Crippen LogP contribution in [-0.2, 0) is 0 Å². The van der Waals surface area contributed by atoms with Crippen molar-refractivity contribution >= 4 is 11.8 Å². The van der Waals surface area contributed by atoms with E-state index in [2.05, 4.69) is 0 Å². The minimum absolute atomic E-state index is 0.0416. The first-order chi connectivity index (χ1) is 8.69. The third kappa shape index (κ3) is 2.43. The summed E-state index contributed by atoms with van der Waals surface area (Å²) in [5.74, 6) is 2.69. The number of hydrogen-bond donors (Lipinski definition) is 1. The van der Waals surface area contributed by atoms with Crippen LogP contribution in [0.2, 0.25) is 0 Å². The molecule has 0 bridgehead atoms. The fraction of sp³-hybridized carbons (Fsp3) is 0.538. The van der Waals surface area contributed by atoms with Crippen molar-refractivity contribution in [2.45, 2.75) is 23.8 Å². The number of rotatable bonds is 3.